The van der Waals surface area contributed by atoms with Crippen molar-refractivity contribution in [2.45, 2.75) is 26.2 Å². The second-order valence-electron chi connectivity index (χ2n) is 6.19. The van der Waals surface area contributed by atoms with Gasteiger partial charge < -0.3 is 10.2 Å². The van der Waals surface area contributed by atoms with Crippen molar-refractivity contribution < 1.29 is 9.59 Å². The summed E-state index contributed by atoms with van der Waals surface area (Å²) in [5.41, 5.74) is 3.94. The molecule has 4 heteroatoms. The maximum atomic E-state index is 12.2. The molecular formula is C20H22N2O2. The number of benzene rings is 2. The summed E-state index contributed by atoms with van der Waals surface area (Å²) in [6.45, 7) is 3.43. The van der Waals surface area contributed by atoms with E-state index in [2.05, 4.69) is 36.5 Å². The van der Waals surface area contributed by atoms with E-state index in [0.717, 1.165) is 25.1 Å². The van der Waals surface area contributed by atoms with Crippen molar-refractivity contribution in [1.82, 2.24) is 5.32 Å². The smallest absolute Gasteiger partial charge is 0.251 e. The van der Waals surface area contributed by atoms with Crippen LogP contribution in [0.5, 0.6) is 0 Å². The van der Waals surface area contributed by atoms with Crippen LogP contribution in [0.15, 0.2) is 48.5 Å². The SMILES string of the molecule is Cc1ccc(CCNC(=O)c2ccc(N3CCCC3=O)cc2)cc1. The number of anilines is 1. The average Bonchev–Trinajstić information content (AvgIpc) is 3.03. The maximum Gasteiger partial charge on any atom is 0.251 e. The molecule has 0 spiro atoms. The van der Waals surface area contributed by atoms with Gasteiger partial charge in [-0.1, -0.05) is 29.8 Å². The molecule has 0 bridgehead atoms. The summed E-state index contributed by atoms with van der Waals surface area (Å²) in [6.07, 6.45) is 2.33. The van der Waals surface area contributed by atoms with Gasteiger partial charge in [0.25, 0.3) is 5.91 Å². The summed E-state index contributed by atoms with van der Waals surface area (Å²) >= 11 is 0. The summed E-state index contributed by atoms with van der Waals surface area (Å²) < 4.78 is 0. The highest BCUT2D eigenvalue weighted by molar-refractivity contribution is 5.97. The van der Waals surface area contributed by atoms with Crippen LogP contribution in [0.4, 0.5) is 5.69 Å². The first-order valence-corrected chi connectivity index (χ1v) is 8.38. The number of hydrogen-bond acceptors (Lipinski definition) is 2. The van der Waals surface area contributed by atoms with Crippen molar-refractivity contribution in [2.75, 3.05) is 18.0 Å². The fourth-order valence-electron chi connectivity index (χ4n) is 2.89. The molecule has 0 aromatic heterocycles. The Labute approximate surface area is 142 Å². The van der Waals surface area contributed by atoms with Gasteiger partial charge in [0.05, 0.1) is 0 Å². The number of carbonyl (C=O) groups excluding carboxylic acids is 2. The molecule has 1 aliphatic heterocycles. The molecule has 1 aliphatic rings. The minimum atomic E-state index is -0.0820. The Morgan fingerprint density at radius 3 is 2.42 bits per heavy atom. The molecule has 0 aliphatic carbocycles. The molecule has 2 aromatic carbocycles. The third kappa shape index (κ3) is 3.82. The van der Waals surface area contributed by atoms with Crippen LogP contribution in [-0.2, 0) is 11.2 Å². The predicted molar refractivity (Wildman–Crippen MR) is 95.2 cm³/mol. The van der Waals surface area contributed by atoms with Crippen molar-refractivity contribution >= 4 is 17.5 Å². The number of hydrogen-bond donors (Lipinski definition) is 1. The summed E-state index contributed by atoms with van der Waals surface area (Å²) in [4.78, 5) is 25.7. The minimum Gasteiger partial charge on any atom is -0.352 e. The van der Waals surface area contributed by atoms with E-state index in [-0.39, 0.29) is 11.8 Å². The second-order valence-corrected chi connectivity index (χ2v) is 6.19. The van der Waals surface area contributed by atoms with Gasteiger partial charge in [0, 0.05) is 30.8 Å². The van der Waals surface area contributed by atoms with E-state index in [9.17, 15) is 9.59 Å². The summed E-state index contributed by atoms with van der Waals surface area (Å²) in [5.74, 6) is 0.0757. The van der Waals surface area contributed by atoms with Crippen molar-refractivity contribution in [3.05, 3.63) is 65.2 Å². The molecule has 1 heterocycles. The van der Waals surface area contributed by atoms with Crippen LogP contribution < -0.4 is 10.2 Å². The maximum absolute atomic E-state index is 12.2. The first kappa shape index (κ1) is 16.2. The fraction of sp³-hybridized carbons (Fsp3) is 0.300. The molecule has 24 heavy (non-hydrogen) atoms. The van der Waals surface area contributed by atoms with E-state index in [1.54, 1.807) is 17.0 Å². The lowest BCUT2D eigenvalue weighted by Crippen LogP contribution is -2.26. The second kappa shape index (κ2) is 7.30. The summed E-state index contributed by atoms with van der Waals surface area (Å²) in [5, 5.41) is 2.94. The standard InChI is InChI=1S/C20H22N2O2/c1-15-4-6-16(7-5-15)12-13-21-20(24)17-8-10-18(11-9-17)22-14-2-3-19(22)23/h4-11H,2-3,12-14H2,1H3,(H,21,24). The van der Waals surface area contributed by atoms with E-state index < -0.39 is 0 Å². The van der Waals surface area contributed by atoms with Crippen LogP contribution in [0.3, 0.4) is 0 Å². The molecule has 0 unspecified atom stereocenters. The van der Waals surface area contributed by atoms with E-state index in [1.165, 1.54) is 11.1 Å². The van der Waals surface area contributed by atoms with E-state index >= 15 is 0 Å². The molecule has 1 fully saturated rings. The quantitative estimate of drug-likeness (QED) is 0.919. The number of nitrogens with zero attached hydrogens (tertiary/aromatic N) is 1. The normalized spacial score (nSPS) is 14.0. The van der Waals surface area contributed by atoms with Crippen molar-refractivity contribution in [3.63, 3.8) is 0 Å². The van der Waals surface area contributed by atoms with Crippen molar-refractivity contribution in [3.8, 4) is 0 Å². The highest BCUT2D eigenvalue weighted by atomic mass is 16.2. The van der Waals surface area contributed by atoms with Crippen molar-refractivity contribution in [2.24, 2.45) is 0 Å². The van der Waals surface area contributed by atoms with Crippen LogP contribution in [0.25, 0.3) is 0 Å². The fourth-order valence-corrected chi connectivity index (χ4v) is 2.89. The van der Waals surface area contributed by atoms with Gasteiger partial charge in [-0.3, -0.25) is 9.59 Å². The van der Waals surface area contributed by atoms with Crippen molar-refractivity contribution in [1.29, 1.82) is 0 Å². The highest BCUT2D eigenvalue weighted by Gasteiger charge is 2.21. The van der Waals surface area contributed by atoms with Gasteiger partial charge in [-0.15, -0.1) is 0 Å². The molecule has 0 radical (unpaired) electrons. The molecule has 124 valence electrons. The van der Waals surface area contributed by atoms with Gasteiger partial charge in [-0.2, -0.15) is 0 Å². The van der Waals surface area contributed by atoms with E-state index in [1.807, 2.05) is 12.1 Å². The number of aryl methyl sites for hydroxylation is 1. The lowest BCUT2D eigenvalue weighted by Gasteiger charge is -2.15. The Morgan fingerprint density at radius 2 is 1.79 bits per heavy atom. The molecule has 0 saturated carbocycles. The Balaban J connectivity index is 1.53. The Hall–Kier alpha value is -2.62. The van der Waals surface area contributed by atoms with E-state index in [0.29, 0.717) is 18.5 Å². The molecule has 1 N–H and O–H groups in total. The van der Waals surface area contributed by atoms with Gasteiger partial charge in [-0.05, 0) is 49.6 Å². The number of nitrogens with one attached hydrogen (secondary N) is 1. The first-order chi connectivity index (χ1) is 11.6. The van der Waals surface area contributed by atoms with E-state index in [4.69, 9.17) is 0 Å². The van der Waals surface area contributed by atoms with Crippen LogP contribution >= 0.6 is 0 Å². The summed E-state index contributed by atoms with van der Waals surface area (Å²) in [6, 6.07) is 15.6. The zero-order chi connectivity index (χ0) is 16.9. The van der Waals surface area contributed by atoms with Crippen LogP contribution in [0, 0.1) is 6.92 Å². The zero-order valence-electron chi connectivity index (χ0n) is 13.9. The Bertz CT molecular complexity index is 720. The summed E-state index contributed by atoms with van der Waals surface area (Å²) in [7, 11) is 0. The largest absolute Gasteiger partial charge is 0.352 e. The van der Waals surface area contributed by atoms with Gasteiger partial charge in [-0.25, -0.2) is 0 Å². The minimum absolute atomic E-state index is 0.0820. The highest BCUT2D eigenvalue weighted by Crippen LogP contribution is 2.21. The Kier molecular flexibility index (Phi) is 4.94. The third-order valence-electron chi connectivity index (χ3n) is 4.33. The monoisotopic (exact) mass is 322 g/mol. The molecule has 2 aromatic rings. The van der Waals surface area contributed by atoms with Gasteiger partial charge in [0.15, 0.2) is 0 Å². The molecule has 0 atom stereocenters. The molecule has 1 saturated heterocycles. The number of carbonyl (C=O) groups is 2. The molecule has 3 rings (SSSR count). The van der Waals surface area contributed by atoms with Crippen LogP contribution in [0.2, 0.25) is 0 Å². The predicted octanol–water partition coefficient (Wildman–Crippen LogP) is 3.09. The Morgan fingerprint density at radius 1 is 1.08 bits per heavy atom. The van der Waals surface area contributed by atoms with Crippen LogP contribution in [-0.4, -0.2) is 24.9 Å². The third-order valence-corrected chi connectivity index (χ3v) is 4.33. The first-order valence-electron chi connectivity index (χ1n) is 8.38. The zero-order valence-corrected chi connectivity index (χ0v) is 13.9. The van der Waals surface area contributed by atoms with Gasteiger partial charge in [0.2, 0.25) is 5.91 Å². The lowest BCUT2D eigenvalue weighted by atomic mass is 10.1. The molecule has 4 nitrogen and oxygen atoms in total. The number of rotatable bonds is 5. The molecule has 2 amide bonds. The van der Waals surface area contributed by atoms with Gasteiger partial charge >= 0.3 is 0 Å². The molecular weight excluding hydrogens is 300 g/mol. The van der Waals surface area contributed by atoms with Crippen LogP contribution in [0.1, 0.15) is 34.3 Å². The lowest BCUT2D eigenvalue weighted by molar-refractivity contribution is -0.117. The van der Waals surface area contributed by atoms with Gasteiger partial charge in [0.1, 0.15) is 0 Å². The average molecular weight is 322 g/mol. The number of amides is 2. The topological polar surface area (TPSA) is 49.4 Å².